The van der Waals surface area contributed by atoms with E-state index in [0.29, 0.717) is 39.4 Å². The number of hydrogen-bond donors (Lipinski definition) is 3. The van der Waals surface area contributed by atoms with E-state index in [1.165, 1.54) is 4.90 Å². The minimum atomic E-state index is -1.40. The van der Waals surface area contributed by atoms with Crippen molar-refractivity contribution in [3.05, 3.63) is 84.4 Å². The summed E-state index contributed by atoms with van der Waals surface area (Å²) in [5.41, 5.74) is 1.93. The van der Waals surface area contributed by atoms with Crippen molar-refractivity contribution in [2.75, 3.05) is 20.3 Å². The van der Waals surface area contributed by atoms with Crippen molar-refractivity contribution in [2.24, 2.45) is 0 Å². The lowest BCUT2D eigenvalue weighted by molar-refractivity contribution is -0.145. The second-order valence-corrected chi connectivity index (χ2v) is 13.5. The molecule has 0 radical (unpaired) electrons. The van der Waals surface area contributed by atoms with Crippen LogP contribution in [0.4, 0.5) is 4.79 Å². The van der Waals surface area contributed by atoms with Crippen molar-refractivity contribution in [2.45, 2.75) is 63.4 Å². The van der Waals surface area contributed by atoms with Gasteiger partial charge in [-0.2, -0.15) is 0 Å². The lowest BCUT2D eigenvalue weighted by Crippen LogP contribution is -2.56. The number of amides is 3. The van der Waals surface area contributed by atoms with Crippen LogP contribution in [0.25, 0.3) is 22.2 Å². The van der Waals surface area contributed by atoms with Gasteiger partial charge in [0, 0.05) is 35.9 Å². The van der Waals surface area contributed by atoms with Crippen LogP contribution in [-0.4, -0.2) is 89.0 Å². The number of fused-ring (bicyclic) bond motifs is 4. The molecular weight excluding hydrogens is 656 g/mol. The number of carboxylic acids is 1. The van der Waals surface area contributed by atoms with E-state index >= 15 is 0 Å². The second-order valence-electron chi connectivity index (χ2n) is 13.5. The Balaban J connectivity index is 1.37. The molecule has 2 aliphatic rings. The molecule has 4 atom stereocenters. The number of carbonyl (C=O) groups is 4. The summed E-state index contributed by atoms with van der Waals surface area (Å²) in [6.07, 6.45) is -1.41. The molecule has 6 rings (SSSR count). The molecule has 13 nitrogen and oxygen atoms in total. The number of nitrogens with zero attached hydrogens (tertiary/aromatic N) is 2. The largest absolute Gasteiger partial charge is 0.497 e. The predicted molar refractivity (Wildman–Crippen MR) is 187 cm³/mol. The van der Waals surface area contributed by atoms with E-state index < -0.39 is 53.7 Å². The minimum absolute atomic E-state index is 0.0294. The molecule has 0 unspecified atom stereocenters. The number of ether oxygens (including phenoxy) is 4. The molecule has 0 aliphatic carbocycles. The first-order valence-electron chi connectivity index (χ1n) is 16.6. The number of rotatable bonds is 6. The average molecular weight is 697 g/mol. The number of nitrogens with one attached hydrogen (secondary N) is 2. The summed E-state index contributed by atoms with van der Waals surface area (Å²) < 4.78 is 23.3. The Morgan fingerprint density at radius 3 is 2.53 bits per heavy atom. The first-order chi connectivity index (χ1) is 24.4. The van der Waals surface area contributed by atoms with Crippen LogP contribution in [0, 0.1) is 0 Å². The summed E-state index contributed by atoms with van der Waals surface area (Å²) in [4.78, 5) is 59.7. The molecule has 3 aromatic carbocycles. The van der Waals surface area contributed by atoms with Crippen molar-refractivity contribution >= 4 is 34.8 Å². The topological polar surface area (TPSA) is 166 Å². The number of hydrogen-bond acceptors (Lipinski definition) is 9. The number of aromatic nitrogens is 1. The van der Waals surface area contributed by atoms with E-state index in [1.54, 1.807) is 64.3 Å². The summed E-state index contributed by atoms with van der Waals surface area (Å²) in [6, 6.07) is 19.9. The van der Waals surface area contributed by atoms with Gasteiger partial charge in [0.1, 0.15) is 47.6 Å². The highest BCUT2D eigenvalue weighted by atomic mass is 16.6. The molecule has 1 aromatic heterocycles. The Labute approximate surface area is 294 Å². The molecule has 51 heavy (non-hydrogen) atoms. The van der Waals surface area contributed by atoms with Gasteiger partial charge in [-0.1, -0.05) is 42.5 Å². The summed E-state index contributed by atoms with van der Waals surface area (Å²) in [5, 5.41) is 15.9. The number of carbonyl (C=O) groups excluding carboxylic acids is 3. The summed E-state index contributed by atoms with van der Waals surface area (Å²) in [7, 11) is 1.57. The van der Waals surface area contributed by atoms with E-state index in [1.807, 2.05) is 42.5 Å². The zero-order valence-corrected chi connectivity index (χ0v) is 28.8. The van der Waals surface area contributed by atoms with Gasteiger partial charge in [0.2, 0.25) is 11.8 Å². The maximum atomic E-state index is 14.5. The normalized spacial score (nSPS) is 20.8. The molecule has 1 fully saturated rings. The van der Waals surface area contributed by atoms with E-state index in [2.05, 4.69) is 10.6 Å². The summed E-state index contributed by atoms with van der Waals surface area (Å²) >= 11 is 0. The second kappa shape index (κ2) is 14.6. The molecule has 0 saturated carbocycles. The van der Waals surface area contributed by atoms with Gasteiger partial charge in [-0.3, -0.25) is 9.59 Å². The molecule has 3 heterocycles. The molecule has 1 saturated heterocycles. The smallest absolute Gasteiger partial charge is 0.408 e. The quantitative estimate of drug-likeness (QED) is 0.264. The fourth-order valence-corrected chi connectivity index (χ4v) is 6.18. The molecule has 0 spiro atoms. The van der Waals surface area contributed by atoms with Crippen LogP contribution in [-0.2, 0) is 25.5 Å². The lowest BCUT2D eigenvalue weighted by Gasteiger charge is -2.29. The van der Waals surface area contributed by atoms with Crippen molar-refractivity contribution in [3.8, 4) is 28.5 Å². The Kier molecular flexibility index (Phi) is 9.99. The van der Waals surface area contributed by atoms with Crippen LogP contribution in [0.15, 0.2) is 78.9 Å². The van der Waals surface area contributed by atoms with E-state index in [0.717, 1.165) is 5.56 Å². The molecule has 266 valence electrons. The van der Waals surface area contributed by atoms with Crippen LogP contribution in [0.2, 0.25) is 0 Å². The van der Waals surface area contributed by atoms with E-state index in [-0.39, 0.29) is 26.0 Å². The van der Waals surface area contributed by atoms with Gasteiger partial charge in [-0.05, 0) is 50.6 Å². The third-order valence-electron chi connectivity index (χ3n) is 8.55. The van der Waals surface area contributed by atoms with Crippen molar-refractivity contribution in [1.29, 1.82) is 0 Å². The fourth-order valence-electron chi connectivity index (χ4n) is 6.18. The standard InChI is InChI=1S/C38H40N4O9/c1-38(2,3)51-37(47)41-30-16-22-9-8-12-25(15-22)49-21-31(36(45)46)40-34(43)32-18-26(20-42(32)35(30)44)50-33-19-28(23-10-6-5-7-11-23)39-29-17-24(48-4)13-14-27(29)33/h5-15,17,19,26,30-32H,16,18,20-21H2,1-4H3,(H,40,43)(H,41,47)(H,45,46)/t26-,30+,31+,32+/m1/s1. The zero-order valence-electron chi connectivity index (χ0n) is 28.8. The maximum Gasteiger partial charge on any atom is 0.408 e. The Morgan fingerprint density at radius 2 is 1.80 bits per heavy atom. The van der Waals surface area contributed by atoms with Gasteiger partial charge >= 0.3 is 12.1 Å². The Morgan fingerprint density at radius 1 is 1.02 bits per heavy atom. The number of alkyl carbamates (subject to hydrolysis) is 1. The number of pyridine rings is 1. The molecule has 2 aliphatic heterocycles. The molecular formula is C38H40N4O9. The molecule has 2 bridgehead atoms. The lowest BCUT2D eigenvalue weighted by atomic mass is 10.0. The fraction of sp³-hybridized carbons (Fsp3) is 0.342. The predicted octanol–water partition coefficient (Wildman–Crippen LogP) is 4.36. The van der Waals surface area contributed by atoms with Crippen LogP contribution in [0.5, 0.6) is 17.2 Å². The average Bonchev–Trinajstić information content (AvgIpc) is 3.52. The van der Waals surface area contributed by atoms with Crippen LogP contribution in [0.3, 0.4) is 0 Å². The minimum Gasteiger partial charge on any atom is -0.497 e. The van der Waals surface area contributed by atoms with Gasteiger partial charge in [0.05, 0.1) is 24.9 Å². The van der Waals surface area contributed by atoms with Gasteiger partial charge in [-0.25, -0.2) is 14.6 Å². The Hall–Kier alpha value is -5.85. The van der Waals surface area contributed by atoms with Gasteiger partial charge in [0.25, 0.3) is 0 Å². The highest BCUT2D eigenvalue weighted by Crippen LogP contribution is 2.35. The maximum absolute atomic E-state index is 14.5. The summed E-state index contributed by atoms with van der Waals surface area (Å²) in [6.45, 7) is 4.76. The van der Waals surface area contributed by atoms with Gasteiger partial charge < -0.3 is 39.6 Å². The van der Waals surface area contributed by atoms with Crippen LogP contribution in [0.1, 0.15) is 32.8 Å². The van der Waals surface area contributed by atoms with E-state index in [4.69, 9.17) is 23.9 Å². The Bertz CT molecular complexity index is 1950. The monoisotopic (exact) mass is 696 g/mol. The first-order valence-corrected chi connectivity index (χ1v) is 16.6. The third kappa shape index (κ3) is 8.31. The molecule has 4 aromatic rings. The highest BCUT2D eigenvalue weighted by molar-refractivity contribution is 5.94. The SMILES string of the molecule is COc1ccc2c(O[C@@H]3C[C@H]4C(=O)N[C@H](C(=O)O)COc5cccc(c5)C[C@H](NC(=O)OC(C)(C)C)C(=O)N4C3)cc(-c3ccccc3)nc2c1. The third-order valence-corrected chi connectivity index (χ3v) is 8.55. The van der Waals surface area contributed by atoms with Crippen molar-refractivity contribution < 1.29 is 43.2 Å². The number of aliphatic carboxylic acids is 1. The number of carboxylic acid groups (broad SMARTS) is 1. The molecule has 3 N–H and O–H groups in total. The number of methoxy groups -OCH3 is 1. The highest BCUT2D eigenvalue weighted by Gasteiger charge is 2.44. The van der Waals surface area contributed by atoms with Crippen LogP contribution >= 0.6 is 0 Å². The van der Waals surface area contributed by atoms with Crippen molar-refractivity contribution in [1.82, 2.24) is 20.5 Å². The van der Waals surface area contributed by atoms with Gasteiger partial charge in [0.15, 0.2) is 6.04 Å². The molecule has 13 heteroatoms. The van der Waals surface area contributed by atoms with Crippen LogP contribution < -0.4 is 24.8 Å². The van der Waals surface area contributed by atoms with Gasteiger partial charge in [-0.15, -0.1) is 0 Å². The van der Waals surface area contributed by atoms with Crippen molar-refractivity contribution in [3.63, 3.8) is 0 Å². The summed E-state index contributed by atoms with van der Waals surface area (Å²) in [5.74, 6) is -1.11. The first kappa shape index (κ1) is 35.0. The molecule has 3 amide bonds. The number of benzene rings is 3. The zero-order chi connectivity index (χ0) is 36.3. The van der Waals surface area contributed by atoms with E-state index in [9.17, 15) is 24.3 Å².